The third-order valence-corrected chi connectivity index (χ3v) is 5.40. The van der Waals surface area contributed by atoms with Crippen LogP contribution in [0, 0.1) is 5.92 Å². The number of ether oxygens (including phenoxy) is 3. The van der Waals surface area contributed by atoms with Gasteiger partial charge in [-0.25, -0.2) is 0 Å². The topological polar surface area (TPSA) is 43.0 Å². The SMILES string of the molecule is COCCOCC1CC(c2ccc(C(F)(F)F)cc2)CN(C2COCCN2)C1. The summed E-state index contributed by atoms with van der Waals surface area (Å²) >= 11 is 0. The van der Waals surface area contributed by atoms with Crippen molar-refractivity contribution < 1.29 is 27.4 Å². The highest BCUT2D eigenvalue weighted by atomic mass is 19.4. The number of hydrogen-bond acceptors (Lipinski definition) is 5. The Hall–Kier alpha value is -1.19. The summed E-state index contributed by atoms with van der Waals surface area (Å²) in [6.07, 6.45) is -3.28. The molecule has 158 valence electrons. The van der Waals surface area contributed by atoms with E-state index in [0.717, 1.165) is 31.6 Å². The first kappa shape index (κ1) is 21.5. The largest absolute Gasteiger partial charge is 0.416 e. The van der Waals surface area contributed by atoms with Gasteiger partial charge in [0.05, 0.1) is 44.8 Å². The van der Waals surface area contributed by atoms with Crippen molar-refractivity contribution in [2.75, 3.05) is 59.8 Å². The van der Waals surface area contributed by atoms with E-state index in [0.29, 0.717) is 39.0 Å². The summed E-state index contributed by atoms with van der Waals surface area (Å²) in [6.45, 7) is 5.52. The van der Waals surface area contributed by atoms with Crippen molar-refractivity contribution >= 4 is 0 Å². The van der Waals surface area contributed by atoms with Gasteiger partial charge >= 0.3 is 6.18 Å². The smallest absolute Gasteiger partial charge is 0.382 e. The molecule has 2 saturated heterocycles. The lowest BCUT2D eigenvalue weighted by atomic mass is 9.84. The van der Waals surface area contributed by atoms with Crippen LogP contribution in [0.3, 0.4) is 0 Å². The fourth-order valence-corrected chi connectivity index (χ4v) is 3.98. The molecule has 0 radical (unpaired) electrons. The van der Waals surface area contributed by atoms with E-state index in [4.69, 9.17) is 14.2 Å². The Kier molecular flexibility index (Phi) is 7.70. The predicted octanol–water partition coefficient (Wildman–Crippen LogP) is 2.72. The Morgan fingerprint density at radius 2 is 1.96 bits per heavy atom. The molecular weight excluding hydrogens is 373 g/mol. The molecule has 0 aliphatic carbocycles. The van der Waals surface area contributed by atoms with Crippen LogP contribution >= 0.6 is 0 Å². The molecule has 2 fully saturated rings. The molecule has 5 nitrogen and oxygen atoms in total. The number of benzene rings is 1. The van der Waals surface area contributed by atoms with E-state index in [1.54, 1.807) is 19.2 Å². The summed E-state index contributed by atoms with van der Waals surface area (Å²) in [5, 5.41) is 3.48. The maximum atomic E-state index is 12.9. The van der Waals surface area contributed by atoms with Crippen LogP contribution < -0.4 is 5.32 Å². The quantitative estimate of drug-likeness (QED) is 0.711. The molecule has 3 rings (SSSR count). The molecule has 2 heterocycles. The normalized spacial score (nSPS) is 27.1. The van der Waals surface area contributed by atoms with Crippen LogP contribution in [0.2, 0.25) is 0 Å². The van der Waals surface area contributed by atoms with E-state index in [-0.39, 0.29) is 12.1 Å². The van der Waals surface area contributed by atoms with Crippen LogP contribution in [0.5, 0.6) is 0 Å². The van der Waals surface area contributed by atoms with Gasteiger partial charge in [-0.15, -0.1) is 0 Å². The minimum atomic E-state index is -4.31. The highest BCUT2D eigenvalue weighted by Gasteiger charge is 2.34. The number of methoxy groups -OCH3 is 1. The molecule has 2 aliphatic rings. The maximum absolute atomic E-state index is 12.9. The van der Waals surface area contributed by atoms with Crippen LogP contribution in [0.15, 0.2) is 24.3 Å². The summed E-state index contributed by atoms with van der Waals surface area (Å²) in [5.41, 5.74) is 0.335. The Labute approximate surface area is 164 Å². The molecule has 0 bridgehead atoms. The molecule has 1 aromatic carbocycles. The number of rotatable bonds is 7. The number of nitrogens with zero attached hydrogens (tertiary/aromatic N) is 1. The van der Waals surface area contributed by atoms with Crippen LogP contribution in [0.25, 0.3) is 0 Å². The molecule has 28 heavy (non-hydrogen) atoms. The first-order chi connectivity index (χ1) is 13.5. The highest BCUT2D eigenvalue weighted by molar-refractivity contribution is 5.28. The molecule has 2 aliphatic heterocycles. The Morgan fingerprint density at radius 3 is 2.61 bits per heavy atom. The highest BCUT2D eigenvalue weighted by Crippen LogP contribution is 2.34. The van der Waals surface area contributed by atoms with Crippen molar-refractivity contribution in [1.82, 2.24) is 10.2 Å². The number of likely N-dealkylation sites (tertiary alicyclic amines) is 1. The third kappa shape index (κ3) is 5.90. The number of morpholine rings is 1. The summed E-state index contributed by atoms with van der Waals surface area (Å²) in [5.74, 6) is 0.470. The maximum Gasteiger partial charge on any atom is 0.416 e. The van der Waals surface area contributed by atoms with Crippen molar-refractivity contribution in [2.24, 2.45) is 5.92 Å². The summed E-state index contributed by atoms with van der Waals surface area (Å²) < 4.78 is 55.0. The molecule has 1 N–H and O–H groups in total. The fraction of sp³-hybridized carbons (Fsp3) is 0.700. The summed E-state index contributed by atoms with van der Waals surface area (Å²) in [6, 6.07) is 5.59. The van der Waals surface area contributed by atoms with E-state index in [1.807, 2.05) is 0 Å². The Bertz CT molecular complexity index is 591. The number of hydrogen-bond donors (Lipinski definition) is 1. The predicted molar refractivity (Wildman–Crippen MR) is 99.2 cm³/mol. The molecular formula is C20H29F3N2O3. The number of alkyl halides is 3. The lowest BCUT2D eigenvalue weighted by Gasteiger charge is -2.43. The van der Waals surface area contributed by atoms with E-state index in [9.17, 15) is 13.2 Å². The second-order valence-corrected chi connectivity index (χ2v) is 7.48. The van der Waals surface area contributed by atoms with Gasteiger partial charge in [-0.2, -0.15) is 13.2 Å². The second kappa shape index (κ2) is 10.0. The Balaban J connectivity index is 1.68. The van der Waals surface area contributed by atoms with Crippen molar-refractivity contribution in [2.45, 2.75) is 24.7 Å². The lowest BCUT2D eigenvalue weighted by molar-refractivity contribution is -0.137. The number of halogens is 3. The average Bonchev–Trinajstić information content (AvgIpc) is 2.71. The summed E-state index contributed by atoms with van der Waals surface area (Å²) in [7, 11) is 1.64. The van der Waals surface area contributed by atoms with Gasteiger partial charge in [-0.3, -0.25) is 10.2 Å². The monoisotopic (exact) mass is 402 g/mol. The van der Waals surface area contributed by atoms with Gasteiger partial charge in [0.1, 0.15) is 0 Å². The van der Waals surface area contributed by atoms with Gasteiger partial charge in [0.2, 0.25) is 0 Å². The van der Waals surface area contributed by atoms with Gasteiger partial charge in [0.25, 0.3) is 0 Å². The first-order valence-corrected chi connectivity index (χ1v) is 9.76. The standard InChI is InChI=1S/C20H29F3N2O3/c1-26-8-9-28-13-15-10-17(12-25(11-15)19-14-27-7-6-24-19)16-2-4-18(5-3-16)20(21,22)23/h2-5,15,17,19,24H,6-14H2,1H3. The van der Waals surface area contributed by atoms with Crippen LogP contribution in [-0.4, -0.2) is 70.8 Å². The zero-order chi connectivity index (χ0) is 20.0. The van der Waals surface area contributed by atoms with E-state index < -0.39 is 11.7 Å². The number of piperidine rings is 1. The minimum absolute atomic E-state index is 0.132. The molecule has 8 heteroatoms. The van der Waals surface area contributed by atoms with E-state index >= 15 is 0 Å². The van der Waals surface area contributed by atoms with Gasteiger partial charge in [-0.05, 0) is 36.0 Å². The van der Waals surface area contributed by atoms with Gasteiger partial charge < -0.3 is 14.2 Å². The van der Waals surface area contributed by atoms with E-state index in [1.165, 1.54) is 12.1 Å². The van der Waals surface area contributed by atoms with Crippen LogP contribution in [0.1, 0.15) is 23.5 Å². The lowest BCUT2D eigenvalue weighted by Crippen LogP contribution is -2.57. The van der Waals surface area contributed by atoms with Gasteiger partial charge in [0, 0.05) is 26.7 Å². The van der Waals surface area contributed by atoms with Gasteiger partial charge in [0.15, 0.2) is 0 Å². The third-order valence-electron chi connectivity index (χ3n) is 5.40. The molecule has 0 saturated carbocycles. The van der Waals surface area contributed by atoms with Crippen LogP contribution in [-0.2, 0) is 20.4 Å². The van der Waals surface area contributed by atoms with E-state index in [2.05, 4.69) is 10.2 Å². The molecule has 3 unspecified atom stereocenters. The Morgan fingerprint density at radius 1 is 1.18 bits per heavy atom. The molecule has 0 aromatic heterocycles. The molecule has 0 amide bonds. The zero-order valence-electron chi connectivity index (χ0n) is 16.2. The average molecular weight is 402 g/mol. The van der Waals surface area contributed by atoms with Gasteiger partial charge in [-0.1, -0.05) is 12.1 Å². The molecule has 1 aromatic rings. The van der Waals surface area contributed by atoms with Crippen molar-refractivity contribution in [3.63, 3.8) is 0 Å². The minimum Gasteiger partial charge on any atom is -0.382 e. The molecule has 3 atom stereocenters. The molecule has 0 spiro atoms. The zero-order valence-corrected chi connectivity index (χ0v) is 16.2. The fourth-order valence-electron chi connectivity index (χ4n) is 3.98. The van der Waals surface area contributed by atoms with Crippen molar-refractivity contribution in [3.8, 4) is 0 Å². The van der Waals surface area contributed by atoms with Crippen LogP contribution in [0.4, 0.5) is 13.2 Å². The van der Waals surface area contributed by atoms with Crippen molar-refractivity contribution in [3.05, 3.63) is 35.4 Å². The number of nitrogens with one attached hydrogen (secondary N) is 1. The van der Waals surface area contributed by atoms with Crippen molar-refractivity contribution in [1.29, 1.82) is 0 Å². The summed E-state index contributed by atoms with van der Waals surface area (Å²) in [4.78, 5) is 2.34. The first-order valence-electron chi connectivity index (χ1n) is 9.76. The second-order valence-electron chi connectivity index (χ2n) is 7.48.